The molecule has 3 N–H and O–H groups in total. The van der Waals surface area contributed by atoms with Crippen LogP contribution in [0.25, 0.3) is 0 Å². The quantitative estimate of drug-likeness (QED) is 0.633. The molecule has 5 heteroatoms. The molecule has 92 valence electrons. The standard InChI is InChI=1S/C13H14N4O/c1-9(10-5-3-2-4-6-10)18-12-8-16-11(7-17-12)13(14)15/h2-9H,1H3,(H3,14,15). The number of amidine groups is 1. The molecule has 0 aliphatic rings. The number of aromatic nitrogens is 2. The third-order valence-corrected chi connectivity index (χ3v) is 2.47. The first-order chi connectivity index (χ1) is 8.66. The molecule has 2 aromatic rings. The maximum atomic E-state index is 7.22. The molecular formula is C13H14N4O. The highest BCUT2D eigenvalue weighted by molar-refractivity contribution is 5.92. The number of rotatable bonds is 4. The van der Waals surface area contributed by atoms with Crippen molar-refractivity contribution < 1.29 is 4.74 Å². The Morgan fingerprint density at radius 2 is 1.94 bits per heavy atom. The summed E-state index contributed by atoms with van der Waals surface area (Å²) in [4.78, 5) is 8.05. The molecule has 1 atom stereocenters. The van der Waals surface area contributed by atoms with Gasteiger partial charge < -0.3 is 10.5 Å². The summed E-state index contributed by atoms with van der Waals surface area (Å²) in [5.41, 5.74) is 6.70. The van der Waals surface area contributed by atoms with E-state index < -0.39 is 0 Å². The van der Waals surface area contributed by atoms with Gasteiger partial charge in [-0.2, -0.15) is 0 Å². The maximum absolute atomic E-state index is 7.22. The van der Waals surface area contributed by atoms with Gasteiger partial charge in [-0.15, -0.1) is 0 Å². The van der Waals surface area contributed by atoms with Gasteiger partial charge in [-0.25, -0.2) is 9.97 Å². The van der Waals surface area contributed by atoms with Crippen molar-refractivity contribution in [3.8, 4) is 5.88 Å². The highest BCUT2D eigenvalue weighted by Gasteiger charge is 2.08. The Bertz CT molecular complexity index is 524. The highest BCUT2D eigenvalue weighted by Crippen LogP contribution is 2.18. The predicted octanol–water partition coefficient (Wildman–Crippen LogP) is 1.90. The van der Waals surface area contributed by atoms with E-state index in [-0.39, 0.29) is 11.9 Å². The molecule has 0 aliphatic heterocycles. The topological polar surface area (TPSA) is 84.9 Å². The molecule has 2 rings (SSSR count). The number of benzene rings is 1. The van der Waals surface area contributed by atoms with Crippen LogP contribution in [0.4, 0.5) is 0 Å². The predicted molar refractivity (Wildman–Crippen MR) is 68.5 cm³/mol. The zero-order valence-corrected chi connectivity index (χ0v) is 10.00. The molecule has 0 saturated carbocycles. The minimum absolute atomic E-state index is 0.106. The number of nitrogens with zero attached hydrogens (tertiary/aromatic N) is 2. The van der Waals surface area contributed by atoms with Crippen LogP contribution in [0.1, 0.15) is 24.3 Å². The van der Waals surface area contributed by atoms with E-state index in [0.29, 0.717) is 11.6 Å². The first kappa shape index (κ1) is 12.0. The molecule has 18 heavy (non-hydrogen) atoms. The normalized spacial score (nSPS) is 11.8. The number of nitrogens with two attached hydrogens (primary N) is 1. The zero-order chi connectivity index (χ0) is 13.0. The summed E-state index contributed by atoms with van der Waals surface area (Å²) in [6.45, 7) is 1.94. The van der Waals surface area contributed by atoms with Crippen LogP contribution in [-0.2, 0) is 0 Å². The first-order valence-corrected chi connectivity index (χ1v) is 5.55. The number of hydrogen-bond donors (Lipinski definition) is 2. The van der Waals surface area contributed by atoms with Crippen molar-refractivity contribution >= 4 is 5.84 Å². The zero-order valence-electron chi connectivity index (χ0n) is 10.00. The van der Waals surface area contributed by atoms with Crippen LogP contribution in [0.2, 0.25) is 0 Å². The van der Waals surface area contributed by atoms with Crippen molar-refractivity contribution in [2.24, 2.45) is 5.73 Å². The molecule has 0 fully saturated rings. The minimum atomic E-state index is -0.108. The van der Waals surface area contributed by atoms with Crippen molar-refractivity contribution in [3.05, 3.63) is 54.0 Å². The van der Waals surface area contributed by atoms with Crippen LogP contribution in [-0.4, -0.2) is 15.8 Å². The van der Waals surface area contributed by atoms with E-state index in [0.717, 1.165) is 5.56 Å². The fourth-order valence-corrected chi connectivity index (χ4v) is 1.49. The number of nitrogens with one attached hydrogen (secondary N) is 1. The van der Waals surface area contributed by atoms with Gasteiger partial charge in [0.15, 0.2) is 0 Å². The van der Waals surface area contributed by atoms with E-state index in [1.54, 1.807) is 0 Å². The molecule has 0 amide bonds. The van der Waals surface area contributed by atoms with Gasteiger partial charge in [0.05, 0.1) is 12.4 Å². The first-order valence-electron chi connectivity index (χ1n) is 5.55. The average molecular weight is 242 g/mol. The van der Waals surface area contributed by atoms with Crippen LogP contribution < -0.4 is 10.5 Å². The van der Waals surface area contributed by atoms with Gasteiger partial charge in [-0.3, -0.25) is 5.41 Å². The van der Waals surface area contributed by atoms with Crippen molar-refractivity contribution in [1.82, 2.24) is 9.97 Å². The summed E-state index contributed by atoms with van der Waals surface area (Å²) in [6.07, 6.45) is 2.79. The monoisotopic (exact) mass is 242 g/mol. The average Bonchev–Trinajstić information content (AvgIpc) is 2.40. The highest BCUT2D eigenvalue weighted by atomic mass is 16.5. The summed E-state index contributed by atoms with van der Waals surface area (Å²) < 4.78 is 5.65. The van der Waals surface area contributed by atoms with Gasteiger partial charge in [0, 0.05) is 0 Å². The second kappa shape index (κ2) is 5.27. The lowest BCUT2D eigenvalue weighted by Gasteiger charge is -2.13. The molecule has 1 heterocycles. The Hall–Kier alpha value is -2.43. The van der Waals surface area contributed by atoms with E-state index in [1.165, 1.54) is 12.4 Å². The molecule has 0 radical (unpaired) electrons. The second-order valence-electron chi connectivity index (χ2n) is 3.82. The van der Waals surface area contributed by atoms with Crippen molar-refractivity contribution in [2.75, 3.05) is 0 Å². The van der Waals surface area contributed by atoms with Crippen LogP contribution in [0, 0.1) is 5.41 Å². The molecule has 1 unspecified atom stereocenters. The Kier molecular flexibility index (Phi) is 3.52. The van der Waals surface area contributed by atoms with Crippen molar-refractivity contribution in [2.45, 2.75) is 13.0 Å². The van der Waals surface area contributed by atoms with Gasteiger partial charge in [0.25, 0.3) is 0 Å². The van der Waals surface area contributed by atoms with Gasteiger partial charge in [-0.05, 0) is 12.5 Å². The molecule has 0 aliphatic carbocycles. The molecule has 0 saturated heterocycles. The summed E-state index contributed by atoms with van der Waals surface area (Å²) in [7, 11) is 0. The smallest absolute Gasteiger partial charge is 0.232 e. The fraction of sp³-hybridized carbons (Fsp3) is 0.154. The van der Waals surface area contributed by atoms with Gasteiger partial charge in [0.2, 0.25) is 5.88 Å². The Morgan fingerprint density at radius 3 is 2.50 bits per heavy atom. The van der Waals surface area contributed by atoms with Gasteiger partial charge in [0.1, 0.15) is 17.6 Å². The SMILES string of the molecule is CC(Oc1cnc(C(=N)N)cn1)c1ccccc1. The molecule has 0 spiro atoms. The number of hydrogen-bond acceptors (Lipinski definition) is 4. The molecule has 1 aromatic heterocycles. The minimum Gasteiger partial charge on any atom is -0.469 e. The molecule has 1 aromatic carbocycles. The lowest BCUT2D eigenvalue weighted by molar-refractivity contribution is 0.216. The van der Waals surface area contributed by atoms with Crippen molar-refractivity contribution in [3.63, 3.8) is 0 Å². The second-order valence-corrected chi connectivity index (χ2v) is 3.82. The summed E-state index contributed by atoms with van der Waals surface area (Å²) in [6, 6.07) is 9.85. The van der Waals surface area contributed by atoms with E-state index in [2.05, 4.69) is 9.97 Å². The molecule has 0 bridgehead atoms. The van der Waals surface area contributed by atoms with E-state index in [9.17, 15) is 0 Å². The lowest BCUT2D eigenvalue weighted by Crippen LogP contribution is -2.13. The van der Waals surface area contributed by atoms with E-state index >= 15 is 0 Å². The van der Waals surface area contributed by atoms with E-state index in [1.807, 2.05) is 37.3 Å². The lowest BCUT2D eigenvalue weighted by atomic mass is 10.1. The fourth-order valence-electron chi connectivity index (χ4n) is 1.49. The van der Waals surface area contributed by atoms with Gasteiger partial charge in [-0.1, -0.05) is 30.3 Å². The van der Waals surface area contributed by atoms with Crippen LogP contribution in [0.3, 0.4) is 0 Å². The summed E-state index contributed by atoms with van der Waals surface area (Å²) in [5, 5.41) is 7.22. The Labute approximate surface area is 105 Å². The molecule has 5 nitrogen and oxygen atoms in total. The van der Waals surface area contributed by atoms with E-state index in [4.69, 9.17) is 15.9 Å². The van der Waals surface area contributed by atoms with Gasteiger partial charge >= 0.3 is 0 Å². The third kappa shape index (κ3) is 2.82. The number of ether oxygens (including phenoxy) is 1. The van der Waals surface area contributed by atoms with Crippen molar-refractivity contribution in [1.29, 1.82) is 5.41 Å². The Balaban J connectivity index is 2.08. The van der Waals surface area contributed by atoms with Crippen LogP contribution >= 0.6 is 0 Å². The third-order valence-electron chi connectivity index (χ3n) is 2.47. The summed E-state index contributed by atoms with van der Waals surface area (Å²) in [5.74, 6) is 0.307. The van der Waals surface area contributed by atoms with Crippen LogP contribution in [0.5, 0.6) is 5.88 Å². The van der Waals surface area contributed by atoms with Crippen LogP contribution in [0.15, 0.2) is 42.7 Å². The maximum Gasteiger partial charge on any atom is 0.232 e. The summed E-state index contributed by atoms with van der Waals surface area (Å²) >= 11 is 0. The Morgan fingerprint density at radius 1 is 1.22 bits per heavy atom. The number of nitrogen functional groups attached to an aromatic ring is 1. The largest absolute Gasteiger partial charge is 0.469 e. The molecular weight excluding hydrogens is 228 g/mol.